The number of likely N-dealkylation sites (tertiary alicyclic amines) is 1. The molecular weight excluding hydrogens is 348 g/mol. The zero-order chi connectivity index (χ0) is 17.8. The fraction of sp³-hybridized carbons (Fsp3) is 0.333. The Morgan fingerprint density at radius 1 is 1.23 bits per heavy atom. The highest BCUT2D eigenvalue weighted by molar-refractivity contribution is 7.09. The van der Waals surface area contributed by atoms with Crippen molar-refractivity contribution in [2.24, 2.45) is 0 Å². The number of thiophene rings is 1. The largest absolute Gasteiger partial charge is 0.347 e. The molecule has 0 spiro atoms. The van der Waals surface area contributed by atoms with Gasteiger partial charge in [0.15, 0.2) is 0 Å². The predicted octanol–water partition coefficient (Wildman–Crippen LogP) is 2.12. The van der Waals surface area contributed by atoms with Crippen molar-refractivity contribution in [2.75, 3.05) is 13.1 Å². The average molecular weight is 368 g/mol. The summed E-state index contributed by atoms with van der Waals surface area (Å²) in [6, 6.07) is 9.77. The number of carbonyl (C=O) groups excluding carboxylic acids is 1. The Morgan fingerprint density at radius 2 is 2.12 bits per heavy atom. The Hall–Kier alpha value is -2.58. The molecule has 0 radical (unpaired) electrons. The number of amides is 1. The van der Waals surface area contributed by atoms with Gasteiger partial charge in [-0.1, -0.05) is 12.1 Å². The third-order valence-electron chi connectivity index (χ3n) is 4.45. The Balaban J connectivity index is 1.39. The van der Waals surface area contributed by atoms with Crippen LogP contribution in [-0.2, 0) is 6.54 Å². The molecule has 134 valence electrons. The van der Waals surface area contributed by atoms with Crippen molar-refractivity contribution < 1.29 is 4.79 Å². The molecule has 8 heteroatoms. The standard InChI is InChI=1S/C18H20N6OS/c25-18(16-6-1-7-17(22-16)24-12-19-20-13-24)21-14-4-2-8-23(10-14)11-15-5-3-9-26-15/h1,3,5-7,9,12-14H,2,4,8,10-11H2,(H,21,25)/t14-/m1/s1. The maximum absolute atomic E-state index is 12.6. The molecule has 4 heterocycles. The highest BCUT2D eigenvalue weighted by Crippen LogP contribution is 2.17. The summed E-state index contributed by atoms with van der Waals surface area (Å²) >= 11 is 1.78. The molecule has 7 nitrogen and oxygen atoms in total. The van der Waals surface area contributed by atoms with Crippen molar-refractivity contribution in [1.82, 2.24) is 30.0 Å². The topological polar surface area (TPSA) is 75.9 Å². The number of carbonyl (C=O) groups is 1. The van der Waals surface area contributed by atoms with Crippen LogP contribution in [0.3, 0.4) is 0 Å². The molecule has 4 rings (SSSR count). The minimum absolute atomic E-state index is 0.136. The molecule has 1 N–H and O–H groups in total. The molecule has 1 amide bonds. The van der Waals surface area contributed by atoms with Crippen LogP contribution in [0.5, 0.6) is 0 Å². The van der Waals surface area contributed by atoms with Gasteiger partial charge in [-0.3, -0.25) is 14.3 Å². The van der Waals surface area contributed by atoms with Crippen molar-refractivity contribution in [1.29, 1.82) is 0 Å². The quantitative estimate of drug-likeness (QED) is 0.747. The fourth-order valence-electron chi connectivity index (χ4n) is 3.21. The number of nitrogens with one attached hydrogen (secondary N) is 1. The molecule has 1 aliphatic rings. The van der Waals surface area contributed by atoms with Crippen molar-refractivity contribution in [2.45, 2.75) is 25.4 Å². The minimum Gasteiger partial charge on any atom is -0.347 e. The first-order valence-electron chi connectivity index (χ1n) is 8.65. The molecule has 3 aromatic heterocycles. The monoisotopic (exact) mass is 368 g/mol. The maximum atomic E-state index is 12.6. The molecule has 0 aromatic carbocycles. The summed E-state index contributed by atoms with van der Waals surface area (Å²) in [5.74, 6) is 0.494. The summed E-state index contributed by atoms with van der Waals surface area (Å²) in [5, 5.41) is 12.8. The summed E-state index contributed by atoms with van der Waals surface area (Å²) in [7, 11) is 0. The van der Waals surface area contributed by atoms with Crippen molar-refractivity contribution >= 4 is 17.2 Å². The molecule has 1 aliphatic heterocycles. The summed E-state index contributed by atoms with van der Waals surface area (Å²) in [6.45, 7) is 2.89. The lowest BCUT2D eigenvalue weighted by Gasteiger charge is -2.32. The molecule has 1 atom stereocenters. The van der Waals surface area contributed by atoms with E-state index < -0.39 is 0 Å². The normalized spacial score (nSPS) is 17.9. The molecule has 0 unspecified atom stereocenters. The van der Waals surface area contributed by atoms with E-state index in [0.717, 1.165) is 32.5 Å². The number of hydrogen-bond donors (Lipinski definition) is 1. The van der Waals surface area contributed by atoms with Gasteiger partial charge in [0.1, 0.15) is 24.2 Å². The number of nitrogens with zero attached hydrogens (tertiary/aromatic N) is 5. The summed E-state index contributed by atoms with van der Waals surface area (Å²) in [6.07, 6.45) is 5.21. The van der Waals surface area contributed by atoms with E-state index in [1.165, 1.54) is 4.88 Å². The van der Waals surface area contributed by atoms with E-state index in [9.17, 15) is 4.79 Å². The summed E-state index contributed by atoms with van der Waals surface area (Å²) < 4.78 is 1.68. The second-order valence-corrected chi connectivity index (χ2v) is 7.41. The van der Waals surface area contributed by atoms with Crippen LogP contribution in [0.15, 0.2) is 48.4 Å². The van der Waals surface area contributed by atoms with E-state index in [1.807, 2.05) is 12.1 Å². The zero-order valence-electron chi connectivity index (χ0n) is 14.3. The van der Waals surface area contributed by atoms with Crippen LogP contribution >= 0.6 is 11.3 Å². The van der Waals surface area contributed by atoms with Crippen molar-refractivity contribution in [3.8, 4) is 5.82 Å². The van der Waals surface area contributed by atoms with Crippen LogP contribution in [0, 0.1) is 0 Å². The van der Waals surface area contributed by atoms with Gasteiger partial charge in [0, 0.05) is 24.0 Å². The van der Waals surface area contributed by atoms with Crippen LogP contribution in [0.4, 0.5) is 0 Å². The predicted molar refractivity (Wildman–Crippen MR) is 99.2 cm³/mol. The van der Waals surface area contributed by atoms with Gasteiger partial charge in [0.05, 0.1) is 0 Å². The third kappa shape index (κ3) is 3.97. The minimum atomic E-state index is -0.136. The summed E-state index contributed by atoms with van der Waals surface area (Å²) in [5.41, 5.74) is 0.409. The third-order valence-corrected chi connectivity index (χ3v) is 5.31. The molecule has 0 bridgehead atoms. The molecule has 1 saturated heterocycles. The SMILES string of the molecule is O=C(N[C@@H]1CCCN(Cc2cccs2)C1)c1cccc(-n2cnnc2)n1. The Kier molecular flexibility index (Phi) is 5.03. The van der Waals surface area contributed by atoms with Gasteiger partial charge in [0.2, 0.25) is 0 Å². The van der Waals surface area contributed by atoms with Gasteiger partial charge < -0.3 is 5.32 Å². The van der Waals surface area contributed by atoms with Crippen LogP contribution in [0.1, 0.15) is 28.2 Å². The number of piperidine rings is 1. The smallest absolute Gasteiger partial charge is 0.270 e. The van der Waals surface area contributed by atoms with Gasteiger partial charge in [-0.2, -0.15) is 0 Å². The highest BCUT2D eigenvalue weighted by atomic mass is 32.1. The van der Waals surface area contributed by atoms with Gasteiger partial charge in [-0.25, -0.2) is 4.98 Å². The fourth-order valence-corrected chi connectivity index (χ4v) is 3.96. The van der Waals surface area contributed by atoms with Crippen molar-refractivity contribution in [3.05, 3.63) is 58.9 Å². The van der Waals surface area contributed by atoms with Crippen molar-refractivity contribution in [3.63, 3.8) is 0 Å². The van der Waals surface area contributed by atoms with Gasteiger partial charge in [-0.15, -0.1) is 21.5 Å². The average Bonchev–Trinajstić information content (AvgIpc) is 3.36. The van der Waals surface area contributed by atoms with E-state index in [1.54, 1.807) is 34.6 Å². The molecule has 0 saturated carbocycles. The van der Waals surface area contributed by atoms with Gasteiger partial charge in [-0.05, 0) is 43.0 Å². The Bertz CT molecular complexity index is 848. The molecule has 0 aliphatic carbocycles. The van der Waals surface area contributed by atoms with E-state index in [2.05, 4.69) is 42.9 Å². The number of pyridine rings is 1. The second-order valence-electron chi connectivity index (χ2n) is 6.38. The van der Waals surface area contributed by atoms with Crippen LogP contribution in [0.25, 0.3) is 5.82 Å². The first kappa shape index (κ1) is 16.9. The number of aromatic nitrogens is 4. The zero-order valence-corrected chi connectivity index (χ0v) is 15.1. The summed E-state index contributed by atoms with van der Waals surface area (Å²) in [4.78, 5) is 20.8. The van der Waals surface area contributed by atoms with Gasteiger partial charge >= 0.3 is 0 Å². The Labute approximate surface area is 155 Å². The first-order chi connectivity index (χ1) is 12.8. The van der Waals surface area contributed by atoms with E-state index in [4.69, 9.17) is 0 Å². The second kappa shape index (κ2) is 7.76. The lowest BCUT2D eigenvalue weighted by Crippen LogP contribution is -2.47. The lowest BCUT2D eigenvalue weighted by molar-refractivity contribution is 0.0896. The van der Waals surface area contributed by atoms with E-state index in [0.29, 0.717) is 11.5 Å². The molecule has 3 aromatic rings. The van der Waals surface area contributed by atoms with Gasteiger partial charge in [0.25, 0.3) is 5.91 Å². The van der Waals surface area contributed by atoms with E-state index >= 15 is 0 Å². The first-order valence-corrected chi connectivity index (χ1v) is 9.53. The maximum Gasteiger partial charge on any atom is 0.270 e. The number of hydrogen-bond acceptors (Lipinski definition) is 6. The van der Waals surface area contributed by atoms with Crippen LogP contribution in [-0.4, -0.2) is 49.7 Å². The number of rotatable bonds is 5. The molecule has 26 heavy (non-hydrogen) atoms. The van der Waals surface area contributed by atoms with Crippen LogP contribution in [0.2, 0.25) is 0 Å². The molecular formula is C18H20N6OS. The Morgan fingerprint density at radius 3 is 2.92 bits per heavy atom. The van der Waals surface area contributed by atoms with E-state index in [-0.39, 0.29) is 11.9 Å². The lowest BCUT2D eigenvalue weighted by atomic mass is 10.1. The highest BCUT2D eigenvalue weighted by Gasteiger charge is 2.22. The molecule has 1 fully saturated rings. The van der Waals surface area contributed by atoms with Crippen LogP contribution < -0.4 is 5.32 Å².